The van der Waals surface area contributed by atoms with Gasteiger partial charge in [0.25, 0.3) is 0 Å². The third kappa shape index (κ3) is 2.40. The maximum absolute atomic E-state index is 6.12. The molecule has 0 aliphatic rings. The lowest BCUT2D eigenvalue weighted by atomic mass is 10.3. The Kier molecular flexibility index (Phi) is 3.31. The molecule has 0 atom stereocenters. The van der Waals surface area contributed by atoms with Gasteiger partial charge < -0.3 is 0 Å². The summed E-state index contributed by atoms with van der Waals surface area (Å²) in [4.78, 5) is 10.9. The van der Waals surface area contributed by atoms with Crippen LogP contribution in [0.15, 0.2) is 6.20 Å². The maximum atomic E-state index is 6.12. The number of hydrogen-bond acceptors (Lipinski definition) is 4. The first kappa shape index (κ1) is 12.3. The van der Waals surface area contributed by atoms with E-state index < -0.39 is 0 Å². The second kappa shape index (κ2) is 4.58. The van der Waals surface area contributed by atoms with E-state index in [1.54, 1.807) is 10.9 Å². The standard InChI is InChI=1S/C11H16ClN5/c1-7(2)16(3)6-9-14-10(12)8-5-13-17(4)11(8)15-9/h5,7H,6H2,1-4H3. The predicted octanol–water partition coefficient (Wildman–Crippen LogP) is 1.86. The molecule has 2 heterocycles. The Morgan fingerprint density at radius 1 is 1.41 bits per heavy atom. The van der Waals surface area contributed by atoms with Crippen LogP contribution in [0, 0.1) is 0 Å². The molecule has 0 N–H and O–H groups in total. The zero-order valence-corrected chi connectivity index (χ0v) is 11.2. The predicted molar refractivity (Wildman–Crippen MR) is 67.9 cm³/mol. The van der Waals surface area contributed by atoms with Crippen molar-refractivity contribution in [2.45, 2.75) is 26.4 Å². The monoisotopic (exact) mass is 253 g/mol. The lowest BCUT2D eigenvalue weighted by Crippen LogP contribution is -2.26. The van der Waals surface area contributed by atoms with Gasteiger partial charge in [0.1, 0.15) is 11.0 Å². The highest BCUT2D eigenvalue weighted by atomic mass is 35.5. The van der Waals surface area contributed by atoms with E-state index in [0.29, 0.717) is 17.7 Å². The molecular weight excluding hydrogens is 238 g/mol. The molecule has 17 heavy (non-hydrogen) atoms. The van der Waals surface area contributed by atoms with E-state index in [-0.39, 0.29) is 0 Å². The molecule has 0 amide bonds. The Bertz CT molecular complexity index is 534. The molecule has 0 saturated carbocycles. The number of aryl methyl sites for hydroxylation is 1. The number of aromatic nitrogens is 4. The largest absolute Gasteiger partial charge is 0.297 e. The van der Waals surface area contributed by atoms with Crippen molar-refractivity contribution in [2.75, 3.05) is 7.05 Å². The molecule has 92 valence electrons. The zero-order chi connectivity index (χ0) is 12.6. The van der Waals surface area contributed by atoms with E-state index in [0.717, 1.165) is 16.9 Å². The minimum atomic E-state index is 0.444. The minimum Gasteiger partial charge on any atom is -0.297 e. The molecule has 0 bridgehead atoms. The highest BCUT2D eigenvalue weighted by Crippen LogP contribution is 2.19. The van der Waals surface area contributed by atoms with Crippen molar-refractivity contribution in [1.82, 2.24) is 24.6 Å². The van der Waals surface area contributed by atoms with Crippen molar-refractivity contribution < 1.29 is 0 Å². The second-order valence-electron chi connectivity index (χ2n) is 4.44. The highest BCUT2D eigenvalue weighted by molar-refractivity contribution is 6.33. The molecule has 6 heteroatoms. The van der Waals surface area contributed by atoms with Crippen molar-refractivity contribution in [3.8, 4) is 0 Å². The fourth-order valence-corrected chi connectivity index (χ4v) is 1.74. The lowest BCUT2D eigenvalue weighted by molar-refractivity contribution is 0.259. The quantitative estimate of drug-likeness (QED) is 0.784. The van der Waals surface area contributed by atoms with Crippen LogP contribution in [0.4, 0.5) is 0 Å². The van der Waals surface area contributed by atoms with Crippen LogP contribution in [0.25, 0.3) is 11.0 Å². The number of fused-ring (bicyclic) bond motifs is 1. The van der Waals surface area contributed by atoms with Gasteiger partial charge in [-0.25, -0.2) is 9.97 Å². The van der Waals surface area contributed by atoms with Gasteiger partial charge in [-0.3, -0.25) is 9.58 Å². The maximum Gasteiger partial charge on any atom is 0.162 e. The van der Waals surface area contributed by atoms with Crippen LogP contribution >= 0.6 is 11.6 Å². The Labute approximate surface area is 105 Å². The fraction of sp³-hybridized carbons (Fsp3) is 0.545. The molecule has 2 rings (SSSR count). The first-order chi connectivity index (χ1) is 7.99. The third-order valence-electron chi connectivity index (χ3n) is 2.86. The van der Waals surface area contributed by atoms with Crippen LogP contribution in [0.3, 0.4) is 0 Å². The SMILES string of the molecule is CC(C)N(C)Cc1nc(Cl)c2cnn(C)c2n1. The molecule has 0 aliphatic carbocycles. The summed E-state index contributed by atoms with van der Waals surface area (Å²) < 4.78 is 1.71. The summed E-state index contributed by atoms with van der Waals surface area (Å²) in [6, 6.07) is 0.444. The van der Waals surface area contributed by atoms with Crippen molar-refractivity contribution in [3.05, 3.63) is 17.2 Å². The molecule has 2 aromatic heterocycles. The van der Waals surface area contributed by atoms with E-state index in [1.165, 1.54) is 0 Å². The molecule has 0 unspecified atom stereocenters. The molecule has 0 aromatic carbocycles. The van der Waals surface area contributed by atoms with Crippen LogP contribution in [-0.2, 0) is 13.6 Å². The van der Waals surface area contributed by atoms with E-state index in [1.807, 2.05) is 14.1 Å². The van der Waals surface area contributed by atoms with E-state index >= 15 is 0 Å². The normalized spacial score (nSPS) is 11.9. The molecule has 0 spiro atoms. The molecule has 0 aliphatic heterocycles. The van der Waals surface area contributed by atoms with Gasteiger partial charge in [0, 0.05) is 13.1 Å². The van der Waals surface area contributed by atoms with Crippen LogP contribution in [0.5, 0.6) is 0 Å². The fourth-order valence-electron chi connectivity index (χ4n) is 1.51. The first-order valence-electron chi connectivity index (χ1n) is 5.53. The van der Waals surface area contributed by atoms with Crippen molar-refractivity contribution in [1.29, 1.82) is 0 Å². The summed E-state index contributed by atoms with van der Waals surface area (Å²) >= 11 is 6.12. The van der Waals surface area contributed by atoms with Gasteiger partial charge in [-0.15, -0.1) is 0 Å². The lowest BCUT2D eigenvalue weighted by Gasteiger charge is -2.19. The second-order valence-corrected chi connectivity index (χ2v) is 4.80. The van der Waals surface area contributed by atoms with Gasteiger partial charge in [-0.05, 0) is 20.9 Å². The smallest absolute Gasteiger partial charge is 0.162 e. The summed E-state index contributed by atoms with van der Waals surface area (Å²) in [7, 11) is 3.89. The zero-order valence-electron chi connectivity index (χ0n) is 10.5. The summed E-state index contributed by atoms with van der Waals surface area (Å²) in [5.74, 6) is 0.724. The van der Waals surface area contributed by atoms with Crippen molar-refractivity contribution >= 4 is 22.6 Å². The van der Waals surface area contributed by atoms with Gasteiger partial charge in [-0.1, -0.05) is 11.6 Å². The summed E-state index contributed by atoms with van der Waals surface area (Å²) in [6.07, 6.45) is 1.69. The van der Waals surface area contributed by atoms with Gasteiger partial charge >= 0.3 is 0 Å². The van der Waals surface area contributed by atoms with Gasteiger partial charge in [0.05, 0.1) is 18.1 Å². The average molecular weight is 254 g/mol. The Morgan fingerprint density at radius 2 is 2.12 bits per heavy atom. The van der Waals surface area contributed by atoms with Crippen LogP contribution in [-0.4, -0.2) is 37.7 Å². The summed E-state index contributed by atoms with van der Waals surface area (Å²) in [6.45, 7) is 4.94. The number of hydrogen-bond donors (Lipinski definition) is 0. The summed E-state index contributed by atoms with van der Waals surface area (Å²) in [5, 5.41) is 5.39. The van der Waals surface area contributed by atoms with Crippen molar-refractivity contribution in [3.63, 3.8) is 0 Å². The molecule has 2 aromatic rings. The first-order valence-corrected chi connectivity index (χ1v) is 5.91. The minimum absolute atomic E-state index is 0.444. The molecular formula is C11H16ClN5. The molecule has 0 saturated heterocycles. The molecule has 0 radical (unpaired) electrons. The average Bonchev–Trinajstić information content (AvgIpc) is 2.61. The topological polar surface area (TPSA) is 46.8 Å². The summed E-state index contributed by atoms with van der Waals surface area (Å²) in [5.41, 5.74) is 0.775. The van der Waals surface area contributed by atoms with E-state index in [2.05, 4.69) is 33.8 Å². The van der Waals surface area contributed by atoms with E-state index in [4.69, 9.17) is 11.6 Å². The van der Waals surface area contributed by atoms with Crippen molar-refractivity contribution in [2.24, 2.45) is 7.05 Å². The molecule has 5 nitrogen and oxygen atoms in total. The number of rotatable bonds is 3. The van der Waals surface area contributed by atoms with Crippen LogP contribution < -0.4 is 0 Å². The Morgan fingerprint density at radius 3 is 2.76 bits per heavy atom. The Hall–Kier alpha value is -1.20. The molecule has 0 fully saturated rings. The van der Waals surface area contributed by atoms with Gasteiger partial charge in [-0.2, -0.15) is 5.10 Å². The van der Waals surface area contributed by atoms with Crippen LogP contribution in [0.2, 0.25) is 5.15 Å². The van der Waals surface area contributed by atoms with Gasteiger partial charge in [0.2, 0.25) is 0 Å². The third-order valence-corrected chi connectivity index (χ3v) is 3.15. The number of halogens is 1. The van der Waals surface area contributed by atoms with E-state index in [9.17, 15) is 0 Å². The Balaban J connectivity index is 2.39. The van der Waals surface area contributed by atoms with Crippen LogP contribution in [0.1, 0.15) is 19.7 Å². The highest BCUT2D eigenvalue weighted by Gasteiger charge is 2.12. The number of nitrogens with zero attached hydrogens (tertiary/aromatic N) is 5. The van der Waals surface area contributed by atoms with Gasteiger partial charge in [0.15, 0.2) is 5.65 Å².